The molecule has 0 aliphatic carbocycles. The van der Waals surface area contributed by atoms with Gasteiger partial charge in [-0.2, -0.15) is 0 Å². The van der Waals surface area contributed by atoms with Crippen molar-refractivity contribution in [2.45, 2.75) is 39.7 Å². The van der Waals surface area contributed by atoms with Crippen LogP contribution in [0.5, 0.6) is 5.75 Å². The Balaban J connectivity index is 2.03. The molecular weight excluding hydrogens is 416 g/mol. The molecular formula is C26H28N4O3. The van der Waals surface area contributed by atoms with Crippen molar-refractivity contribution in [3.8, 4) is 5.75 Å². The molecule has 4 rings (SSSR count). The number of ether oxygens (including phenoxy) is 1. The summed E-state index contributed by atoms with van der Waals surface area (Å²) in [6, 6.07) is 13.4. The molecule has 1 atom stereocenters. The number of aromatic nitrogens is 2. The molecule has 170 valence electrons. The zero-order valence-corrected chi connectivity index (χ0v) is 19.3. The van der Waals surface area contributed by atoms with Crippen LogP contribution < -0.4 is 10.5 Å². The van der Waals surface area contributed by atoms with Gasteiger partial charge in [0.1, 0.15) is 22.8 Å². The van der Waals surface area contributed by atoms with Crippen LogP contribution in [0.2, 0.25) is 0 Å². The molecule has 3 heterocycles. The number of nitrogens with zero attached hydrogens (tertiary/aromatic N) is 3. The van der Waals surface area contributed by atoms with Crippen LogP contribution >= 0.6 is 0 Å². The fraction of sp³-hybridized carbons (Fsp3) is 0.308. The first-order valence-electron chi connectivity index (χ1n) is 11.0. The molecule has 1 aliphatic heterocycles. The maximum absolute atomic E-state index is 11.7. The number of pyridine rings is 2. The van der Waals surface area contributed by atoms with Crippen LogP contribution in [0.4, 0.5) is 0 Å². The number of hydrogen-bond donors (Lipinski definition) is 2. The van der Waals surface area contributed by atoms with Crippen molar-refractivity contribution in [3.05, 3.63) is 88.0 Å². The second-order valence-electron chi connectivity index (χ2n) is 8.84. The van der Waals surface area contributed by atoms with Gasteiger partial charge in [-0.15, -0.1) is 0 Å². The number of carboxylic acids is 1. The van der Waals surface area contributed by atoms with Crippen molar-refractivity contribution in [2.75, 3.05) is 6.61 Å². The van der Waals surface area contributed by atoms with Gasteiger partial charge in [-0.3, -0.25) is 14.8 Å². The number of aliphatic carboxylic acids is 1. The SMILES string of the molecule is Cc1cc(C2(c3cccc(OCC(C)C)c3)N=C(N)c3nccc(CC(=O)O)c32)cc(C)n1. The molecule has 0 radical (unpaired) electrons. The third kappa shape index (κ3) is 4.18. The third-order valence-electron chi connectivity index (χ3n) is 5.61. The maximum atomic E-state index is 11.7. The van der Waals surface area contributed by atoms with E-state index in [1.165, 1.54) is 0 Å². The molecule has 33 heavy (non-hydrogen) atoms. The molecule has 0 saturated carbocycles. The first kappa shape index (κ1) is 22.5. The van der Waals surface area contributed by atoms with Gasteiger partial charge in [0.25, 0.3) is 0 Å². The van der Waals surface area contributed by atoms with E-state index in [2.05, 4.69) is 23.8 Å². The number of rotatable bonds is 7. The Morgan fingerprint density at radius 3 is 2.52 bits per heavy atom. The minimum Gasteiger partial charge on any atom is -0.493 e. The molecule has 1 aromatic carbocycles. The van der Waals surface area contributed by atoms with Gasteiger partial charge in [-0.05, 0) is 66.8 Å². The monoisotopic (exact) mass is 444 g/mol. The van der Waals surface area contributed by atoms with Gasteiger partial charge in [0, 0.05) is 23.1 Å². The lowest BCUT2D eigenvalue weighted by Crippen LogP contribution is -2.28. The molecule has 2 aromatic heterocycles. The highest BCUT2D eigenvalue weighted by Gasteiger charge is 2.46. The fourth-order valence-electron chi connectivity index (χ4n) is 4.40. The second kappa shape index (κ2) is 8.65. The summed E-state index contributed by atoms with van der Waals surface area (Å²) in [5.41, 5.74) is 10.5. The Morgan fingerprint density at radius 1 is 1.12 bits per heavy atom. The fourth-order valence-corrected chi connectivity index (χ4v) is 4.40. The lowest BCUT2D eigenvalue weighted by Gasteiger charge is -2.31. The van der Waals surface area contributed by atoms with E-state index in [-0.39, 0.29) is 12.3 Å². The highest BCUT2D eigenvalue weighted by molar-refractivity contribution is 6.02. The quantitative estimate of drug-likeness (QED) is 0.574. The Kier molecular flexibility index (Phi) is 5.89. The Morgan fingerprint density at radius 2 is 1.85 bits per heavy atom. The predicted octanol–water partition coefficient (Wildman–Crippen LogP) is 3.77. The zero-order valence-electron chi connectivity index (χ0n) is 19.3. The number of benzene rings is 1. The summed E-state index contributed by atoms with van der Waals surface area (Å²) in [5.74, 6) is 0.436. The normalized spacial score (nSPS) is 17.1. The molecule has 1 unspecified atom stereocenters. The Labute approximate surface area is 193 Å². The smallest absolute Gasteiger partial charge is 0.307 e. The lowest BCUT2D eigenvalue weighted by molar-refractivity contribution is -0.136. The van der Waals surface area contributed by atoms with Gasteiger partial charge in [0.2, 0.25) is 0 Å². The first-order chi connectivity index (χ1) is 15.7. The Hall–Kier alpha value is -3.74. The molecule has 0 amide bonds. The van der Waals surface area contributed by atoms with E-state index in [4.69, 9.17) is 15.5 Å². The summed E-state index contributed by atoms with van der Waals surface area (Å²) >= 11 is 0. The number of carboxylic acid groups (broad SMARTS) is 1. The molecule has 0 bridgehead atoms. The summed E-state index contributed by atoms with van der Waals surface area (Å²) in [6.45, 7) is 8.62. The molecule has 3 aromatic rings. The number of hydrogen-bond acceptors (Lipinski definition) is 6. The van der Waals surface area contributed by atoms with Crippen molar-refractivity contribution in [2.24, 2.45) is 16.6 Å². The molecule has 7 heteroatoms. The van der Waals surface area contributed by atoms with Crippen molar-refractivity contribution >= 4 is 11.8 Å². The number of nitrogens with two attached hydrogens (primary N) is 1. The van der Waals surface area contributed by atoms with Gasteiger partial charge in [-0.25, -0.2) is 4.99 Å². The minimum atomic E-state index is -1.06. The van der Waals surface area contributed by atoms with E-state index < -0.39 is 11.5 Å². The summed E-state index contributed by atoms with van der Waals surface area (Å²) in [6.07, 6.45) is 1.42. The van der Waals surface area contributed by atoms with E-state index in [0.717, 1.165) is 22.5 Å². The number of carbonyl (C=O) groups is 1. The van der Waals surface area contributed by atoms with Crippen molar-refractivity contribution < 1.29 is 14.6 Å². The zero-order chi connectivity index (χ0) is 23.8. The highest BCUT2D eigenvalue weighted by atomic mass is 16.5. The van der Waals surface area contributed by atoms with E-state index in [0.29, 0.717) is 35.1 Å². The second-order valence-corrected chi connectivity index (χ2v) is 8.84. The van der Waals surface area contributed by atoms with Gasteiger partial charge in [0.15, 0.2) is 0 Å². The summed E-state index contributed by atoms with van der Waals surface area (Å²) < 4.78 is 6.00. The molecule has 1 aliphatic rings. The summed E-state index contributed by atoms with van der Waals surface area (Å²) in [4.78, 5) is 25.7. The number of fused-ring (bicyclic) bond motifs is 1. The topological polar surface area (TPSA) is 111 Å². The van der Waals surface area contributed by atoms with Crippen LogP contribution in [0, 0.1) is 19.8 Å². The summed E-state index contributed by atoms with van der Waals surface area (Å²) in [5, 5.41) is 9.61. The highest BCUT2D eigenvalue weighted by Crippen LogP contribution is 2.47. The van der Waals surface area contributed by atoms with Crippen LogP contribution in [0.3, 0.4) is 0 Å². The van der Waals surface area contributed by atoms with Crippen LogP contribution in [-0.4, -0.2) is 33.5 Å². The third-order valence-corrected chi connectivity index (χ3v) is 5.61. The average molecular weight is 445 g/mol. The van der Waals surface area contributed by atoms with Crippen molar-refractivity contribution in [1.82, 2.24) is 9.97 Å². The van der Waals surface area contributed by atoms with Gasteiger partial charge in [-0.1, -0.05) is 26.0 Å². The van der Waals surface area contributed by atoms with Crippen LogP contribution in [-0.2, 0) is 16.8 Å². The maximum Gasteiger partial charge on any atom is 0.307 e. The predicted molar refractivity (Wildman–Crippen MR) is 127 cm³/mol. The molecule has 3 N–H and O–H groups in total. The minimum absolute atomic E-state index is 0.165. The van der Waals surface area contributed by atoms with E-state index in [9.17, 15) is 9.90 Å². The largest absolute Gasteiger partial charge is 0.493 e. The van der Waals surface area contributed by atoms with Crippen molar-refractivity contribution in [1.29, 1.82) is 0 Å². The number of aryl methyl sites for hydroxylation is 2. The van der Waals surface area contributed by atoms with E-state index in [1.54, 1.807) is 12.3 Å². The average Bonchev–Trinajstić information content (AvgIpc) is 3.06. The van der Waals surface area contributed by atoms with E-state index in [1.807, 2.05) is 50.2 Å². The first-order valence-corrected chi connectivity index (χ1v) is 11.0. The number of aliphatic imine (C=N–C) groups is 1. The lowest BCUT2D eigenvalue weighted by atomic mass is 9.76. The Bertz CT molecular complexity index is 1230. The van der Waals surface area contributed by atoms with Gasteiger partial charge in [0.05, 0.1) is 13.0 Å². The van der Waals surface area contributed by atoms with Crippen LogP contribution in [0.15, 0.2) is 53.7 Å². The van der Waals surface area contributed by atoms with Crippen LogP contribution in [0.25, 0.3) is 0 Å². The molecule has 0 saturated heterocycles. The van der Waals surface area contributed by atoms with Gasteiger partial charge >= 0.3 is 5.97 Å². The van der Waals surface area contributed by atoms with Crippen LogP contribution in [0.1, 0.15) is 53.2 Å². The molecule has 0 fully saturated rings. The standard InChI is InChI=1S/C26H28N4O3/c1-15(2)14-33-21-7-5-6-19(13-21)26(20-10-16(3)29-17(4)11-20)23-18(12-22(31)32)8-9-28-24(23)25(27)30-26/h5-11,13,15H,12,14H2,1-4H3,(H2,27,30)(H,31,32). The number of amidine groups is 1. The van der Waals surface area contributed by atoms with Crippen molar-refractivity contribution in [3.63, 3.8) is 0 Å². The molecule has 0 spiro atoms. The molecule has 7 nitrogen and oxygen atoms in total. The van der Waals surface area contributed by atoms with Gasteiger partial charge < -0.3 is 15.6 Å². The van der Waals surface area contributed by atoms with E-state index >= 15 is 0 Å². The summed E-state index contributed by atoms with van der Waals surface area (Å²) in [7, 11) is 0.